The Morgan fingerprint density at radius 3 is 1.68 bits per heavy atom. The number of ether oxygens (including phenoxy) is 2. The van der Waals surface area contributed by atoms with E-state index in [1.807, 2.05) is 36.4 Å². The highest BCUT2D eigenvalue weighted by Gasteiger charge is 2.34. The van der Waals surface area contributed by atoms with Crippen molar-refractivity contribution < 1.29 is 19.7 Å². The molecule has 0 spiro atoms. The van der Waals surface area contributed by atoms with Crippen LogP contribution in [0.2, 0.25) is 5.15 Å². The quantitative estimate of drug-likeness (QED) is 0.0896. The summed E-state index contributed by atoms with van der Waals surface area (Å²) in [6, 6.07) is 17.1. The van der Waals surface area contributed by atoms with Crippen LogP contribution in [0.5, 0.6) is 11.8 Å². The van der Waals surface area contributed by atoms with Gasteiger partial charge in [-0.2, -0.15) is 0 Å². The number of aliphatic hydroxyl groups is 2. The number of para-hydroxylation sites is 2. The summed E-state index contributed by atoms with van der Waals surface area (Å²) < 4.78 is 14.3. The van der Waals surface area contributed by atoms with Gasteiger partial charge in [-0.05, 0) is 74.9 Å². The van der Waals surface area contributed by atoms with Crippen molar-refractivity contribution in [2.24, 2.45) is 11.8 Å². The fourth-order valence-corrected chi connectivity index (χ4v) is 9.52. The molecule has 2 aliphatic carbocycles. The van der Waals surface area contributed by atoms with Crippen LogP contribution in [0.25, 0.3) is 20.4 Å². The van der Waals surface area contributed by atoms with E-state index < -0.39 is 0 Å². The smallest absolute Gasteiger partial charge is 0.257 e. The maximum atomic E-state index is 9.35. The molecule has 2 aliphatic heterocycles. The van der Waals surface area contributed by atoms with Crippen LogP contribution in [0.15, 0.2) is 73.3 Å². The Balaban J connectivity index is 0.000000142. The molecule has 6 heterocycles. The van der Waals surface area contributed by atoms with E-state index >= 15 is 0 Å². The molecule has 59 heavy (non-hydrogen) atoms. The number of anilines is 3. The molecule has 4 aromatic heterocycles. The van der Waals surface area contributed by atoms with E-state index in [4.69, 9.17) is 26.2 Å². The SMILES string of the molecule is Clc1nccnc1OC1CC(Nc2nc3ccccc3s2)C1.OCC1CCN(c2nccnc2OC2CC(Nc3nc4ccccc4s3)C2)CC1.OCC1CCNCC1. The summed E-state index contributed by atoms with van der Waals surface area (Å²) in [6.45, 7) is 4.58. The Kier molecular flexibility index (Phi) is 14.1. The molecule has 4 fully saturated rings. The summed E-state index contributed by atoms with van der Waals surface area (Å²) in [5.41, 5.74) is 2.08. The van der Waals surface area contributed by atoms with Gasteiger partial charge in [0.15, 0.2) is 21.2 Å². The predicted octanol–water partition coefficient (Wildman–Crippen LogP) is 7.06. The molecule has 0 unspecified atom stereocenters. The predicted molar refractivity (Wildman–Crippen MR) is 235 cm³/mol. The number of hydrogen-bond acceptors (Lipinski definition) is 16. The largest absolute Gasteiger partial charge is 0.472 e. The fourth-order valence-electron chi connectivity index (χ4n) is 7.49. The van der Waals surface area contributed by atoms with Gasteiger partial charge >= 0.3 is 0 Å². The van der Waals surface area contributed by atoms with Crippen LogP contribution in [-0.2, 0) is 0 Å². The van der Waals surface area contributed by atoms with E-state index in [1.54, 1.807) is 47.5 Å². The number of fused-ring (bicyclic) bond motifs is 2. The lowest BCUT2D eigenvalue weighted by molar-refractivity contribution is 0.102. The molecule has 10 rings (SSSR count). The maximum Gasteiger partial charge on any atom is 0.257 e. The van der Waals surface area contributed by atoms with E-state index in [2.05, 4.69) is 62.9 Å². The minimum absolute atomic E-state index is 0.126. The lowest BCUT2D eigenvalue weighted by Crippen LogP contribution is -2.43. The molecule has 5 N–H and O–H groups in total. The van der Waals surface area contributed by atoms with Gasteiger partial charge in [0.1, 0.15) is 12.2 Å². The second-order valence-electron chi connectivity index (χ2n) is 15.4. The van der Waals surface area contributed by atoms with Gasteiger partial charge < -0.3 is 40.5 Å². The monoisotopic (exact) mass is 858 g/mol. The topological polar surface area (TPSA) is 176 Å². The average Bonchev–Trinajstić information content (AvgIpc) is 3.87. The van der Waals surface area contributed by atoms with E-state index in [9.17, 15) is 5.11 Å². The Hall–Kier alpha value is -4.45. The number of halogens is 1. The molecule has 2 aromatic carbocycles. The molecule has 0 atom stereocenters. The highest BCUT2D eigenvalue weighted by atomic mass is 35.5. The molecule has 0 radical (unpaired) electrons. The zero-order chi connectivity index (χ0) is 40.4. The van der Waals surface area contributed by atoms with E-state index in [-0.39, 0.29) is 18.8 Å². The van der Waals surface area contributed by atoms with Crippen molar-refractivity contribution in [1.82, 2.24) is 35.2 Å². The molecule has 4 aliphatic rings. The molecule has 2 saturated heterocycles. The van der Waals surface area contributed by atoms with Gasteiger partial charge in [-0.1, -0.05) is 58.5 Å². The molecule has 6 aromatic rings. The fraction of sp³-hybridized carbons (Fsp3) is 0.476. The van der Waals surface area contributed by atoms with Crippen LogP contribution < -0.4 is 30.3 Å². The molecule has 312 valence electrons. The van der Waals surface area contributed by atoms with Gasteiger partial charge in [-0.25, -0.2) is 29.9 Å². The number of piperidine rings is 2. The molecule has 0 bridgehead atoms. The molecular formula is C42H51ClN10O4S2. The number of rotatable bonds is 11. The summed E-state index contributed by atoms with van der Waals surface area (Å²) in [4.78, 5) is 28.5. The summed E-state index contributed by atoms with van der Waals surface area (Å²) >= 11 is 9.31. The van der Waals surface area contributed by atoms with Gasteiger partial charge in [0, 0.05) is 88.9 Å². The van der Waals surface area contributed by atoms with Gasteiger partial charge in [-0.3, -0.25) is 0 Å². The summed E-state index contributed by atoms with van der Waals surface area (Å²) in [6.07, 6.45) is 14.7. The Labute approximate surface area is 356 Å². The van der Waals surface area contributed by atoms with Gasteiger partial charge in [0.25, 0.3) is 11.8 Å². The van der Waals surface area contributed by atoms with Crippen molar-refractivity contribution in [2.45, 2.75) is 75.7 Å². The first kappa shape index (κ1) is 41.3. The lowest BCUT2D eigenvalue weighted by Gasteiger charge is -2.37. The Morgan fingerprint density at radius 2 is 1.15 bits per heavy atom. The van der Waals surface area contributed by atoms with E-state index in [0.29, 0.717) is 47.4 Å². The molecule has 17 heteroatoms. The van der Waals surface area contributed by atoms with Crippen LogP contribution in [-0.4, -0.2) is 104 Å². The number of benzene rings is 2. The molecule has 2 saturated carbocycles. The van der Waals surface area contributed by atoms with Gasteiger partial charge in [0.2, 0.25) is 0 Å². The van der Waals surface area contributed by atoms with Gasteiger partial charge in [-0.15, -0.1) is 0 Å². The first-order valence-corrected chi connectivity index (χ1v) is 22.5. The third-order valence-electron chi connectivity index (χ3n) is 11.1. The zero-order valence-electron chi connectivity index (χ0n) is 32.8. The highest BCUT2D eigenvalue weighted by Crippen LogP contribution is 2.35. The average molecular weight is 860 g/mol. The van der Waals surface area contributed by atoms with Crippen LogP contribution in [0.1, 0.15) is 51.4 Å². The molecule has 14 nitrogen and oxygen atoms in total. The Morgan fingerprint density at radius 1 is 0.661 bits per heavy atom. The minimum atomic E-state index is 0.126. The van der Waals surface area contributed by atoms with Crippen LogP contribution in [0.4, 0.5) is 16.1 Å². The minimum Gasteiger partial charge on any atom is -0.472 e. The standard InChI is InChI=1S/C21H25N5O2S.C15H13ClN4OS.C6H13NO/c27-13-14-5-9-26(10-6-14)19-20(23-8-7-22-19)28-16-11-15(12-16)24-21-25-17-3-1-2-4-18(17)29-21;16-13-14(18-6-5-17-13)21-10-7-9(8-10)19-15-20-11-3-1-2-4-12(11)22-15;8-5-6-1-3-7-4-2-6/h1-4,7-8,14-16,27H,5-6,9-13H2,(H,24,25);1-6,9-10H,7-8H2,(H,19,20);6-8H,1-5H2. The van der Waals surface area contributed by atoms with Crippen molar-refractivity contribution in [3.05, 3.63) is 78.5 Å². The first-order valence-electron chi connectivity index (χ1n) is 20.5. The Bertz CT molecular complexity index is 2160. The summed E-state index contributed by atoms with van der Waals surface area (Å²) in [5, 5.41) is 30.5. The summed E-state index contributed by atoms with van der Waals surface area (Å²) in [5.74, 6) is 2.84. The van der Waals surface area contributed by atoms with E-state index in [1.165, 1.54) is 9.40 Å². The van der Waals surface area contributed by atoms with Crippen molar-refractivity contribution in [3.8, 4) is 11.8 Å². The van der Waals surface area contributed by atoms with Crippen molar-refractivity contribution in [3.63, 3.8) is 0 Å². The molecular weight excluding hydrogens is 808 g/mol. The number of nitrogens with one attached hydrogen (secondary N) is 3. The number of aliphatic hydroxyl groups excluding tert-OH is 2. The lowest BCUT2D eigenvalue weighted by atomic mass is 9.89. The number of hydrogen-bond donors (Lipinski definition) is 5. The normalized spacial score (nSPS) is 21.9. The van der Waals surface area contributed by atoms with E-state index in [0.717, 1.165) is 105 Å². The number of aromatic nitrogens is 6. The van der Waals surface area contributed by atoms with Gasteiger partial charge in [0.05, 0.1) is 20.4 Å². The maximum absolute atomic E-state index is 9.35. The second-order valence-corrected chi connectivity index (χ2v) is 17.8. The number of nitrogens with zero attached hydrogens (tertiary/aromatic N) is 7. The molecule has 0 amide bonds. The summed E-state index contributed by atoms with van der Waals surface area (Å²) in [7, 11) is 0. The van der Waals surface area contributed by atoms with Crippen LogP contribution >= 0.6 is 34.3 Å². The van der Waals surface area contributed by atoms with Crippen molar-refractivity contribution in [2.75, 3.05) is 54.9 Å². The van der Waals surface area contributed by atoms with Crippen LogP contribution in [0, 0.1) is 11.8 Å². The third-order valence-corrected chi connectivity index (χ3v) is 13.3. The van der Waals surface area contributed by atoms with Crippen molar-refractivity contribution >= 4 is 70.8 Å². The second kappa shape index (κ2) is 20.2. The van der Waals surface area contributed by atoms with Crippen molar-refractivity contribution in [1.29, 1.82) is 0 Å². The first-order chi connectivity index (χ1) is 29.0. The number of thiazole rings is 2. The van der Waals surface area contributed by atoms with Crippen LogP contribution in [0.3, 0.4) is 0 Å². The third kappa shape index (κ3) is 11.0. The zero-order valence-corrected chi connectivity index (χ0v) is 35.2. The highest BCUT2D eigenvalue weighted by molar-refractivity contribution is 7.22.